The predicted molar refractivity (Wildman–Crippen MR) is 90.5 cm³/mol. The van der Waals surface area contributed by atoms with Crippen LogP contribution in [-0.4, -0.2) is 34.6 Å². The number of anilines is 1. The molecule has 0 radical (unpaired) electrons. The summed E-state index contributed by atoms with van der Waals surface area (Å²) in [6.07, 6.45) is 1.53. The average molecular weight is 485 g/mol. The third-order valence-electron chi connectivity index (χ3n) is 3.29. The van der Waals surface area contributed by atoms with Crippen molar-refractivity contribution < 1.29 is 14.7 Å². The van der Waals surface area contributed by atoms with Crippen LogP contribution in [0.25, 0.3) is 0 Å². The fourth-order valence-corrected chi connectivity index (χ4v) is 4.81. The number of hydrogen-bond acceptors (Lipinski definition) is 2. The molecule has 2 N–H and O–H groups in total. The van der Waals surface area contributed by atoms with Gasteiger partial charge in [0.05, 0.1) is 12.1 Å². The third-order valence-corrected chi connectivity index (χ3v) is 5.00. The van der Waals surface area contributed by atoms with Gasteiger partial charge in [0.2, 0.25) is 0 Å². The molecule has 21 heavy (non-hydrogen) atoms. The van der Waals surface area contributed by atoms with E-state index in [1.165, 1.54) is 0 Å². The highest BCUT2D eigenvalue weighted by Crippen LogP contribution is 2.35. The number of hydrogen-bond donors (Lipinski definition) is 2. The van der Waals surface area contributed by atoms with Gasteiger partial charge >= 0.3 is 12.0 Å². The van der Waals surface area contributed by atoms with Crippen LogP contribution in [0, 0.1) is 0 Å². The van der Waals surface area contributed by atoms with Gasteiger partial charge in [-0.25, -0.2) is 4.79 Å². The van der Waals surface area contributed by atoms with E-state index in [4.69, 9.17) is 5.11 Å². The first-order valence-electron chi connectivity index (χ1n) is 6.32. The number of halogens is 3. The van der Waals surface area contributed by atoms with Crippen molar-refractivity contribution in [2.75, 3.05) is 11.9 Å². The van der Waals surface area contributed by atoms with Crippen LogP contribution in [0.2, 0.25) is 0 Å². The molecule has 1 aromatic carbocycles. The topological polar surface area (TPSA) is 69.6 Å². The summed E-state index contributed by atoms with van der Waals surface area (Å²) in [6, 6.07) is 3.15. The minimum absolute atomic E-state index is 0.0178. The Morgan fingerprint density at radius 1 is 1.29 bits per heavy atom. The van der Waals surface area contributed by atoms with Gasteiger partial charge in [-0.15, -0.1) is 0 Å². The van der Waals surface area contributed by atoms with Crippen molar-refractivity contribution >= 4 is 65.5 Å². The maximum atomic E-state index is 12.4. The van der Waals surface area contributed by atoms with Gasteiger partial charge in [0, 0.05) is 26.0 Å². The Kier molecular flexibility index (Phi) is 5.67. The smallest absolute Gasteiger partial charge is 0.322 e. The van der Waals surface area contributed by atoms with Crippen LogP contribution < -0.4 is 5.32 Å². The quantitative estimate of drug-likeness (QED) is 0.666. The van der Waals surface area contributed by atoms with E-state index < -0.39 is 5.97 Å². The summed E-state index contributed by atoms with van der Waals surface area (Å²) in [5.41, 5.74) is 0.629. The summed E-state index contributed by atoms with van der Waals surface area (Å²) in [4.78, 5) is 24.8. The first kappa shape index (κ1) is 16.8. The number of nitrogens with zero attached hydrogens (tertiary/aromatic N) is 1. The summed E-state index contributed by atoms with van der Waals surface area (Å²) in [6.45, 7) is 0.579. The molecule has 0 saturated carbocycles. The van der Waals surface area contributed by atoms with E-state index in [1.807, 2.05) is 12.1 Å². The predicted octanol–water partition coefficient (Wildman–Crippen LogP) is 4.45. The average Bonchev–Trinajstić information content (AvgIpc) is 2.80. The lowest BCUT2D eigenvalue weighted by Crippen LogP contribution is -2.39. The molecule has 2 amide bonds. The Morgan fingerprint density at radius 3 is 2.48 bits per heavy atom. The van der Waals surface area contributed by atoms with E-state index in [9.17, 15) is 9.59 Å². The molecule has 0 aliphatic carbocycles. The number of nitrogens with one attached hydrogen (secondary N) is 1. The molecule has 1 aliphatic heterocycles. The molecule has 1 fully saturated rings. The van der Waals surface area contributed by atoms with Gasteiger partial charge in [0.25, 0.3) is 0 Å². The number of aliphatic carboxylic acids is 1. The highest BCUT2D eigenvalue weighted by Gasteiger charge is 2.30. The van der Waals surface area contributed by atoms with Crippen LogP contribution in [0.3, 0.4) is 0 Å². The molecule has 0 bridgehead atoms. The summed E-state index contributed by atoms with van der Waals surface area (Å²) in [7, 11) is 0. The normalized spacial score (nSPS) is 17.9. The Hall–Kier alpha value is -0.600. The molecule has 1 saturated heterocycles. The Labute approximate surface area is 147 Å². The lowest BCUT2D eigenvalue weighted by molar-refractivity contribution is -0.137. The zero-order chi connectivity index (χ0) is 15.6. The molecule has 2 rings (SSSR count). The van der Waals surface area contributed by atoms with E-state index in [-0.39, 0.29) is 18.5 Å². The number of urea groups is 1. The number of carbonyl (C=O) groups is 2. The number of carboxylic acids is 1. The molecule has 5 nitrogen and oxygen atoms in total. The van der Waals surface area contributed by atoms with Crippen LogP contribution >= 0.6 is 47.8 Å². The van der Waals surface area contributed by atoms with Crippen LogP contribution in [0.4, 0.5) is 10.5 Å². The highest BCUT2D eigenvalue weighted by atomic mass is 79.9. The van der Waals surface area contributed by atoms with Crippen LogP contribution in [0.5, 0.6) is 0 Å². The Morgan fingerprint density at radius 2 is 1.90 bits per heavy atom. The number of amides is 2. The maximum absolute atomic E-state index is 12.4. The number of rotatable bonds is 3. The largest absolute Gasteiger partial charge is 0.481 e. The minimum atomic E-state index is -0.884. The zero-order valence-corrected chi connectivity index (χ0v) is 15.7. The molecule has 1 aromatic rings. The van der Waals surface area contributed by atoms with Crippen molar-refractivity contribution in [2.24, 2.45) is 0 Å². The second kappa shape index (κ2) is 7.11. The van der Waals surface area contributed by atoms with Crippen LogP contribution in [0.1, 0.15) is 19.3 Å². The molecule has 0 aromatic heterocycles. The van der Waals surface area contributed by atoms with Gasteiger partial charge in [-0.3, -0.25) is 4.79 Å². The summed E-state index contributed by atoms with van der Waals surface area (Å²) in [5.74, 6) is -0.884. The number of carboxylic acid groups (broad SMARTS) is 1. The van der Waals surface area contributed by atoms with Crippen LogP contribution in [-0.2, 0) is 4.79 Å². The lowest BCUT2D eigenvalue weighted by Gasteiger charge is -2.24. The summed E-state index contributed by atoms with van der Waals surface area (Å²) in [5, 5.41) is 11.7. The van der Waals surface area contributed by atoms with Crippen molar-refractivity contribution in [2.45, 2.75) is 25.3 Å². The Balaban J connectivity index is 2.13. The van der Waals surface area contributed by atoms with Crippen molar-refractivity contribution in [3.63, 3.8) is 0 Å². The van der Waals surface area contributed by atoms with Gasteiger partial charge in [0.1, 0.15) is 0 Å². The van der Waals surface area contributed by atoms with E-state index in [0.717, 1.165) is 26.3 Å². The Bertz CT molecular complexity index is 557. The molecule has 0 spiro atoms. The SMILES string of the molecule is O=C(O)CC1CCCN1C(=O)Nc1c(Br)cc(Br)cc1Br. The second-order valence-corrected chi connectivity index (χ2v) is 7.39. The third kappa shape index (κ3) is 4.20. The van der Waals surface area contributed by atoms with Crippen molar-refractivity contribution in [1.82, 2.24) is 4.90 Å². The molecule has 8 heteroatoms. The lowest BCUT2D eigenvalue weighted by atomic mass is 10.1. The van der Waals surface area contributed by atoms with E-state index in [2.05, 4.69) is 53.1 Å². The van der Waals surface area contributed by atoms with Crippen molar-refractivity contribution in [3.8, 4) is 0 Å². The number of benzene rings is 1. The second-order valence-electron chi connectivity index (χ2n) is 4.76. The summed E-state index contributed by atoms with van der Waals surface area (Å²) < 4.78 is 2.36. The standard InChI is InChI=1S/C13H13Br3N2O3/c14-7-4-9(15)12(10(16)5-7)17-13(21)18-3-1-2-8(18)6-11(19)20/h4-5,8H,1-3,6H2,(H,17,21)(H,19,20). The molecular weight excluding hydrogens is 472 g/mol. The fourth-order valence-electron chi connectivity index (χ4n) is 2.36. The molecule has 1 atom stereocenters. The molecule has 1 aliphatic rings. The van der Waals surface area contributed by atoms with E-state index in [0.29, 0.717) is 12.2 Å². The van der Waals surface area contributed by atoms with E-state index in [1.54, 1.807) is 4.90 Å². The zero-order valence-electron chi connectivity index (χ0n) is 10.9. The first-order chi connectivity index (χ1) is 9.88. The molecular formula is C13H13Br3N2O3. The van der Waals surface area contributed by atoms with Gasteiger partial charge in [-0.1, -0.05) is 15.9 Å². The van der Waals surface area contributed by atoms with Gasteiger partial charge < -0.3 is 15.3 Å². The minimum Gasteiger partial charge on any atom is -0.481 e. The first-order valence-corrected chi connectivity index (χ1v) is 8.70. The maximum Gasteiger partial charge on any atom is 0.322 e. The van der Waals surface area contributed by atoms with Crippen molar-refractivity contribution in [3.05, 3.63) is 25.6 Å². The highest BCUT2D eigenvalue weighted by molar-refractivity contribution is 9.11. The van der Waals surface area contributed by atoms with Crippen LogP contribution in [0.15, 0.2) is 25.6 Å². The summed E-state index contributed by atoms with van der Waals surface area (Å²) >= 11 is 10.2. The van der Waals surface area contributed by atoms with Gasteiger partial charge in [-0.2, -0.15) is 0 Å². The molecule has 1 heterocycles. The molecule has 114 valence electrons. The van der Waals surface area contributed by atoms with Gasteiger partial charge in [0.15, 0.2) is 0 Å². The van der Waals surface area contributed by atoms with Gasteiger partial charge in [-0.05, 0) is 56.8 Å². The number of likely N-dealkylation sites (tertiary alicyclic amines) is 1. The monoisotopic (exact) mass is 482 g/mol. The van der Waals surface area contributed by atoms with Crippen molar-refractivity contribution in [1.29, 1.82) is 0 Å². The molecule has 1 unspecified atom stereocenters. The number of carbonyl (C=O) groups excluding carboxylic acids is 1. The fraction of sp³-hybridized carbons (Fsp3) is 0.385. The van der Waals surface area contributed by atoms with E-state index >= 15 is 0 Å².